The summed E-state index contributed by atoms with van der Waals surface area (Å²) in [6.45, 7) is 9.03. The molecular weight excluding hydrogens is 416 g/mol. The van der Waals surface area contributed by atoms with Gasteiger partial charge in [0, 0.05) is 16.9 Å². The molecule has 3 rings (SSSR count). The molecule has 4 nitrogen and oxygen atoms in total. The predicted molar refractivity (Wildman–Crippen MR) is 131 cm³/mol. The summed E-state index contributed by atoms with van der Waals surface area (Å²) in [6, 6.07) is 8.56. The fraction of sp³-hybridized carbons (Fsp3) is 0.519. The Labute approximate surface area is 196 Å². The van der Waals surface area contributed by atoms with Crippen molar-refractivity contribution in [2.24, 2.45) is 0 Å². The van der Waals surface area contributed by atoms with E-state index in [2.05, 4.69) is 54.9 Å². The number of aromatic nitrogens is 2. The van der Waals surface area contributed by atoms with Crippen LogP contribution in [0, 0.1) is 18.8 Å². The van der Waals surface area contributed by atoms with Crippen LogP contribution in [-0.2, 0) is 21.4 Å². The monoisotopic (exact) mass is 450 g/mol. The van der Waals surface area contributed by atoms with Crippen molar-refractivity contribution in [3.05, 3.63) is 52.3 Å². The van der Waals surface area contributed by atoms with E-state index >= 15 is 0 Å². The molecule has 1 aliphatic heterocycles. The number of esters is 1. The molecule has 0 saturated carbocycles. The van der Waals surface area contributed by atoms with Crippen LogP contribution in [0.25, 0.3) is 0 Å². The molecule has 170 valence electrons. The van der Waals surface area contributed by atoms with Crippen molar-refractivity contribution in [3.8, 4) is 11.8 Å². The highest BCUT2D eigenvalue weighted by Gasteiger charge is 2.34. The van der Waals surface area contributed by atoms with Crippen molar-refractivity contribution in [2.75, 3.05) is 12.4 Å². The normalized spacial score (nSPS) is 14.2. The fourth-order valence-corrected chi connectivity index (χ4v) is 5.73. The molecule has 0 atom stereocenters. The van der Waals surface area contributed by atoms with Crippen molar-refractivity contribution in [2.45, 2.75) is 83.0 Å². The van der Waals surface area contributed by atoms with Crippen molar-refractivity contribution < 1.29 is 9.53 Å². The van der Waals surface area contributed by atoms with Crippen molar-refractivity contribution in [1.82, 2.24) is 10.2 Å². The van der Waals surface area contributed by atoms with Gasteiger partial charge < -0.3 is 4.74 Å². The van der Waals surface area contributed by atoms with E-state index in [9.17, 15) is 4.79 Å². The van der Waals surface area contributed by atoms with Crippen LogP contribution < -0.4 is 0 Å². The molecule has 0 saturated heterocycles. The van der Waals surface area contributed by atoms with E-state index in [0.29, 0.717) is 18.7 Å². The van der Waals surface area contributed by atoms with Crippen LogP contribution in [0.5, 0.6) is 0 Å². The van der Waals surface area contributed by atoms with E-state index in [-0.39, 0.29) is 11.4 Å². The summed E-state index contributed by atoms with van der Waals surface area (Å²) < 4.78 is 4.95. The average Bonchev–Trinajstić information content (AvgIpc) is 2.81. The number of carbonyl (C=O) groups excluding carboxylic acids is 1. The third-order valence-electron chi connectivity index (χ3n) is 6.50. The zero-order valence-electron chi connectivity index (χ0n) is 19.8. The van der Waals surface area contributed by atoms with Gasteiger partial charge in [-0.25, -0.2) is 0 Å². The predicted octanol–water partition coefficient (Wildman–Crippen LogP) is 6.01. The van der Waals surface area contributed by atoms with Gasteiger partial charge >= 0.3 is 5.97 Å². The molecule has 2 heterocycles. The Morgan fingerprint density at radius 3 is 2.62 bits per heavy atom. The highest BCUT2D eigenvalue weighted by Crippen LogP contribution is 2.46. The first-order valence-corrected chi connectivity index (χ1v) is 12.8. The Hall–Kier alpha value is -2.32. The van der Waals surface area contributed by atoms with Gasteiger partial charge in [0.15, 0.2) is 0 Å². The Bertz CT molecular complexity index is 985. The maximum Gasteiger partial charge on any atom is 0.305 e. The van der Waals surface area contributed by atoms with E-state index in [1.165, 1.54) is 41.0 Å². The second kappa shape index (κ2) is 11.5. The largest absolute Gasteiger partial charge is 0.466 e. The van der Waals surface area contributed by atoms with Crippen LogP contribution >= 0.6 is 11.8 Å². The number of hydrogen-bond acceptors (Lipinski definition) is 5. The number of rotatable bonds is 8. The molecule has 0 N–H and O–H groups in total. The summed E-state index contributed by atoms with van der Waals surface area (Å²) >= 11 is 1.98. The lowest BCUT2D eigenvalue weighted by Gasteiger charge is -2.38. The smallest absolute Gasteiger partial charge is 0.305 e. The van der Waals surface area contributed by atoms with E-state index in [0.717, 1.165) is 30.5 Å². The topological polar surface area (TPSA) is 52.1 Å². The lowest BCUT2D eigenvalue weighted by Crippen LogP contribution is -2.29. The molecule has 2 aromatic rings. The minimum atomic E-state index is -0.129. The number of carbonyl (C=O) groups is 1. The minimum absolute atomic E-state index is 0.129. The summed E-state index contributed by atoms with van der Waals surface area (Å²) in [6.07, 6.45) is 6.52. The fourth-order valence-electron chi connectivity index (χ4n) is 4.33. The highest BCUT2D eigenvalue weighted by molar-refractivity contribution is 7.99. The summed E-state index contributed by atoms with van der Waals surface area (Å²) in [7, 11) is 0. The molecule has 1 aromatic heterocycles. The molecular formula is C27H34N2O2S. The molecule has 1 aromatic carbocycles. The first kappa shape index (κ1) is 24.3. The van der Waals surface area contributed by atoms with Crippen molar-refractivity contribution >= 4 is 17.7 Å². The quantitative estimate of drug-likeness (QED) is 0.280. The maximum atomic E-state index is 11.4. The maximum absolute atomic E-state index is 11.4. The highest BCUT2D eigenvalue weighted by atomic mass is 32.2. The van der Waals surface area contributed by atoms with Gasteiger partial charge in [-0.15, -0.1) is 16.9 Å². The Balaban J connectivity index is 1.67. The van der Waals surface area contributed by atoms with Crippen molar-refractivity contribution in [3.63, 3.8) is 0 Å². The number of hydrogen-bond donors (Lipinski definition) is 0. The van der Waals surface area contributed by atoms with Crippen LogP contribution in [0.4, 0.5) is 0 Å². The zero-order chi connectivity index (χ0) is 23.0. The molecule has 0 bridgehead atoms. The van der Waals surface area contributed by atoms with Gasteiger partial charge in [-0.2, -0.15) is 5.10 Å². The molecule has 0 aliphatic carbocycles. The second-order valence-corrected chi connectivity index (χ2v) is 9.56. The van der Waals surface area contributed by atoms with E-state index < -0.39 is 0 Å². The van der Waals surface area contributed by atoms with Crippen LogP contribution in [0.15, 0.2) is 29.2 Å². The van der Waals surface area contributed by atoms with E-state index in [1.807, 2.05) is 30.8 Å². The molecule has 0 amide bonds. The molecule has 1 aliphatic rings. The number of fused-ring (bicyclic) bond motifs is 1. The van der Waals surface area contributed by atoms with Gasteiger partial charge in [0.2, 0.25) is 0 Å². The number of benzene rings is 1. The van der Waals surface area contributed by atoms with E-state index in [4.69, 9.17) is 4.74 Å². The molecule has 0 unspecified atom stereocenters. The number of thioether (sulfide) groups is 1. The molecule has 0 radical (unpaired) electrons. The van der Waals surface area contributed by atoms with Crippen LogP contribution in [0.2, 0.25) is 0 Å². The first-order chi connectivity index (χ1) is 15.5. The Morgan fingerprint density at radius 1 is 1.12 bits per heavy atom. The van der Waals surface area contributed by atoms with Gasteiger partial charge in [0.1, 0.15) is 5.69 Å². The standard InChI is InChI=1S/C27H34N2O2S/c1-5-27(6-2)16-17-32-25-18-20(4)21(19-24(25)27)12-13-23-15-14-22(28-29-23)10-8-9-11-26(30)31-7-3/h14-15,18-19H,5-11,16-17H2,1-4H3. The number of ether oxygens (including phenoxy) is 1. The Kier molecular flexibility index (Phi) is 8.75. The first-order valence-electron chi connectivity index (χ1n) is 11.8. The summed E-state index contributed by atoms with van der Waals surface area (Å²) in [5, 5.41) is 8.61. The molecule has 0 spiro atoms. The molecule has 32 heavy (non-hydrogen) atoms. The lowest BCUT2D eigenvalue weighted by atomic mass is 9.73. The molecule has 5 heteroatoms. The van der Waals surface area contributed by atoms with E-state index in [1.54, 1.807) is 0 Å². The summed E-state index contributed by atoms with van der Waals surface area (Å²) in [5.41, 5.74) is 5.67. The van der Waals surface area contributed by atoms with Crippen molar-refractivity contribution in [1.29, 1.82) is 0 Å². The summed E-state index contributed by atoms with van der Waals surface area (Å²) in [5.74, 6) is 7.62. The van der Waals surface area contributed by atoms with Gasteiger partial charge in [-0.1, -0.05) is 19.8 Å². The van der Waals surface area contributed by atoms with Crippen LogP contribution in [0.3, 0.4) is 0 Å². The SMILES string of the molecule is CCOC(=O)CCCCc1ccc(C#Cc2cc3c(cc2C)SCCC3(CC)CC)nn1. The van der Waals surface area contributed by atoms with Gasteiger partial charge in [0.05, 0.1) is 12.3 Å². The van der Waals surface area contributed by atoms with Gasteiger partial charge in [0.25, 0.3) is 0 Å². The number of unbranched alkanes of at least 4 members (excludes halogenated alkanes) is 1. The zero-order valence-corrected chi connectivity index (χ0v) is 20.6. The van der Waals surface area contributed by atoms with Crippen LogP contribution in [0.1, 0.15) is 87.4 Å². The third-order valence-corrected chi connectivity index (χ3v) is 7.56. The molecule has 0 fully saturated rings. The average molecular weight is 451 g/mol. The number of nitrogens with zero attached hydrogens (tertiary/aromatic N) is 2. The second-order valence-electron chi connectivity index (χ2n) is 8.42. The number of aryl methyl sites for hydroxylation is 2. The lowest BCUT2D eigenvalue weighted by molar-refractivity contribution is -0.143. The minimum Gasteiger partial charge on any atom is -0.466 e. The van der Waals surface area contributed by atoms with Crippen LogP contribution in [-0.4, -0.2) is 28.5 Å². The third kappa shape index (κ3) is 5.92. The Morgan fingerprint density at radius 2 is 1.94 bits per heavy atom. The van der Waals surface area contributed by atoms with Gasteiger partial charge in [-0.3, -0.25) is 4.79 Å². The van der Waals surface area contributed by atoms with Gasteiger partial charge in [-0.05, 0) is 105 Å². The summed E-state index contributed by atoms with van der Waals surface area (Å²) in [4.78, 5) is 12.8.